The first kappa shape index (κ1) is 14.3. The summed E-state index contributed by atoms with van der Waals surface area (Å²) in [5.74, 6) is 0.996. The van der Waals surface area contributed by atoms with Crippen LogP contribution in [0.4, 0.5) is 5.82 Å². The predicted molar refractivity (Wildman–Crippen MR) is 81.3 cm³/mol. The molecule has 1 N–H and O–H groups in total. The van der Waals surface area contributed by atoms with E-state index in [0.717, 1.165) is 18.9 Å². The zero-order chi connectivity index (χ0) is 13.7. The lowest BCUT2D eigenvalue weighted by Gasteiger charge is -2.23. The third kappa shape index (κ3) is 4.50. The number of anilines is 1. The fourth-order valence-corrected chi connectivity index (χ4v) is 2.75. The summed E-state index contributed by atoms with van der Waals surface area (Å²) in [6.45, 7) is 11.3. The molecule has 1 fully saturated rings. The van der Waals surface area contributed by atoms with Crippen LogP contribution in [-0.2, 0) is 6.54 Å². The summed E-state index contributed by atoms with van der Waals surface area (Å²) in [4.78, 5) is 6.92. The van der Waals surface area contributed by atoms with Crippen molar-refractivity contribution in [2.24, 2.45) is 5.41 Å². The molecular weight excluding hydrogens is 234 g/mol. The largest absolute Gasteiger partial charge is 0.370 e. The highest BCUT2D eigenvalue weighted by Gasteiger charge is 2.22. The summed E-state index contributed by atoms with van der Waals surface area (Å²) in [7, 11) is 0. The van der Waals surface area contributed by atoms with Crippen LogP contribution in [0, 0.1) is 5.41 Å². The number of likely N-dealkylation sites (tertiary alicyclic amines) is 1. The number of pyridine rings is 1. The van der Waals surface area contributed by atoms with Gasteiger partial charge in [-0.05, 0) is 62.4 Å². The molecule has 1 saturated heterocycles. The second-order valence-electron chi connectivity index (χ2n) is 6.37. The lowest BCUT2D eigenvalue weighted by Crippen LogP contribution is -2.25. The maximum atomic E-state index is 4.33. The summed E-state index contributed by atoms with van der Waals surface area (Å²) in [6, 6.07) is 4.32. The number of nitrogens with one attached hydrogen (secondary N) is 1. The molecule has 19 heavy (non-hydrogen) atoms. The molecule has 2 rings (SSSR count). The zero-order valence-electron chi connectivity index (χ0n) is 12.6. The van der Waals surface area contributed by atoms with Crippen LogP contribution >= 0.6 is 0 Å². The SMILES string of the molecule is CCNc1cc(CN2CCCC(C)(C)CC2)ccn1. The van der Waals surface area contributed by atoms with Crippen LogP contribution in [0.1, 0.15) is 45.6 Å². The molecule has 0 amide bonds. The van der Waals surface area contributed by atoms with Crippen LogP contribution in [-0.4, -0.2) is 29.5 Å². The van der Waals surface area contributed by atoms with Crippen LogP contribution < -0.4 is 5.32 Å². The Morgan fingerprint density at radius 3 is 2.95 bits per heavy atom. The molecule has 0 atom stereocenters. The third-order valence-electron chi connectivity index (χ3n) is 4.02. The molecule has 1 aromatic rings. The summed E-state index contributed by atoms with van der Waals surface area (Å²) >= 11 is 0. The van der Waals surface area contributed by atoms with Crippen LogP contribution in [0.2, 0.25) is 0 Å². The normalized spacial score (nSPS) is 19.9. The molecule has 3 heteroatoms. The average Bonchev–Trinajstić information content (AvgIpc) is 2.52. The molecule has 1 aromatic heterocycles. The van der Waals surface area contributed by atoms with Gasteiger partial charge in [0.15, 0.2) is 0 Å². The molecule has 0 aliphatic carbocycles. The van der Waals surface area contributed by atoms with E-state index < -0.39 is 0 Å². The third-order valence-corrected chi connectivity index (χ3v) is 4.02. The molecule has 2 heterocycles. The molecule has 1 aliphatic heterocycles. The second kappa shape index (κ2) is 6.38. The molecule has 106 valence electrons. The van der Waals surface area contributed by atoms with Gasteiger partial charge in [0.05, 0.1) is 0 Å². The lowest BCUT2D eigenvalue weighted by atomic mass is 9.85. The first-order chi connectivity index (χ1) is 9.09. The van der Waals surface area contributed by atoms with Gasteiger partial charge in [-0.1, -0.05) is 13.8 Å². The summed E-state index contributed by atoms with van der Waals surface area (Å²) in [5.41, 5.74) is 1.88. The zero-order valence-corrected chi connectivity index (χ0v) is 12.6. The van der Waals surface area contributed by atoms with Gasteiger partial charge in [-0.15, -0.1) is 0 Å². The van der Waals surface area contributed by atoms with E-state index in [2.05, 4.69) is 48.1 Å². The van der Waals surface area contributed by atoms with E-state index in [1.165, 1.54) is 37.9 Å². The Hall–Kier alpha value is -1.09. The standard InChI is InChI=1S/C16H27N3/c1-4-17-15-12-14(6-9-18-15)13-19-10-5-7-16(2,3)8-11-19/h6,9,12H,4-5,7-8,10-11,13H2,1-3H3,(H,17,18). The molecule has 0 saturated carbocycles. The van der Waals surface area contributed by atoms with Crippen molar-refractivity contribution in [2.45, 2.75) is 46.6 Å². The maximum absolute atomic E-state index is 4.33. The quantitative estimate of drug-likeness (QED) is 0.898. The fourth-order valence-electron chi connectivity index (χ4n) is 2.75. The minimum Gasteiger partial charge on any atom is -0.370 e. The molecule has 0 aromatic carbocycles. The van der Waals surface area contributed by atoms with Gasteiger partial charge in [0.2, 0.25) is 0 Å². The Balaban J connectivity index is 1.95. The number of aromatic nitrogens is 1. The minimum atomic E-state index is 0.516. The number of rotatable bonds is 4. The molecule has 0 bridgehead atoms. The number of hydrogen-bond donors (Lipinski definition) is 1. The van der Waals surface area contributed by atoms with Crippen molar-refractivity contribution >= 4 is 5.82 Å². The van der Waals surface area contributed by atoms with Gasteiger partial charge in [-0.3, -0.25) is 4.90 Å². The van der Waals surface area contributed by atoms with E-state index in [1.807, 2.05) is 6.20 Å². The fraction of sp³-hybridized carbons (Fsp3) is 0.688. The lowest BCUT2D eigenvalue weighted by molar-refractivity contribution is 0.256. The van der Waals surface area contributed by atoms with Crippen molar-refractivity contribution in [3.05, 3.63) is 23.9 Å². The first-order valence-corrected chi connectivity index (χ1v) is 7.50. The van der Waals surface area contributed by atoms with E-state index in [1.54, 1.807) is 0 Å². The van der Waals surface area contributed by atoms with Crippen molar-refractivity contribution in [3.8, 4) is 0 Å². The van der Waals surface area contributed by atoms with Crippen molar-refractivity contribution in [3.63, 3.8) is 0 Å². The van der Waals surface area contributed by atoms with Gasteiger partial charge >= 0.3 is 0 Å². The van der Waals surface area contributed by atoms with Crippen molar-refractivity contribution < 1.29 is 0 Å². The van der Waals surface area contributed by atoms with Gasteiger partial charge in [-0.25, -0.2) is 4.98 Å². The number of nitrogens with zero attached hydrogens (tertiary/aromatic N) is 2. The van der Waals surface area contributed by atoms with Gasteiger partial charge in [0.1, 0.15) is 5.82 Å². The molecule has 1 aliphatic rings. The molecular formula is C16H27N3. The van der Waals surface area contributed by atoms with Gasteiger partial charge in [0.25, 0.3) is 0 Å². The van der Waals surface area contributed by atoms with Gasteiger partial charge < -0.3 is 5.32 Å². The van der Waals surface area contributed by atoms with Gasteiger partial charge in [0, 0.05) is 19.3 Å². The van der Waals surface area contributed by atoms with E-state index in [9.17, 15) is 0 Å². The van der Waals surface area contributed by atoms with E-state index in [-0.39, 0.29) is 0 Å². The highest BCUT2D eigenvalue weighted by atomic mass is 15.1. The van der Waals surface area contributed by atoms with Crippen LogP contribution in [0.25, 0.3) is 0 Å². The van der Waals surface area contributed by atoms with Crippen LogP contribution in [0.3, 0.4) is 0 Å². The summed E-state index contributed by atoms with van der Waals surface area (Å²) in [5, 5.41) is 3.28. The van der Waals surface area contributed by atoms with Gasteiger partial charge in [-0.2, -0.15) is 0 Å². The Morgan fingerprint density at radius 1 is 1.32 bits per heavy atom. The van der Waals surface area contributed by atoms with Crippen LogP contribution in [0.15, 0.2) is 18.3 Å². The maximum Gasteiger partial charge on any atom is 0.126 e. The summed E-state index contributed by atoms with van der Waals surface area (Å²) in [6.07, 6.45) is 5.88. The highest BCUT2D eigenvalue weighted by molar-refractivity contribution is 5.37. The number of hydrogen-bond acceptors (Lipinski definition) is 3. The topological polar surface area (TPSA) is 28.2 Å². The van der Waals surface area contributed by atoms with Crippen molar-refractivity contribution in [1.29, 1.82) is 0 Å². The van der Waals surface area contributed by atoms with Crippen molar-refractivity contribution in [1.82, 2.24) is 9.88 Å². The monoisotopic (exact) mass is 261 g/mol. The Bertz CT molecular complexity index is 401. The Morgan fingerprint density at radius 2 is 2.16 bits per heavy atom. The smallest absolute Gasteiger partial charge is 0.126 e. The van der Waals surface area contributed by atoms with Crippen molar-refractivity contribution in [2.75, 3.05) is 25.0 Å². The predicted octanol–water partition coefficient (Wildman–Crippen LogP) is 3.53. The minimum absolute atomic E-state index is 0.516. The molecule has 0 spiro atoms. The van der Waals surface area contributed by atoms with E-state index >= 15 is 0 Å². The van der Waals surface area contributed by atoms with E-state index in [0.29, 0.717) is 5.41 Å². The highest BCUT2D eigenvalue weighted by Crippen LogP contribution is 2.30. The molecule has 0 radical (unpaired) electrons. The molecule has 3 nitrogen and oxygen atoms in total. The first-order valence-electron chi connectivity index (χ1n) is 7.50. The Labute approximate surface area is 117 Å². The average molecular weight is 261 g/mol. The Kier molecular flexibility index (Phi) is 4.81. The second-order valence-corrected chi connectivity index (χ2v) is 6.37. The summed E-state index contributed by atoms with van der Waals surface area (Å²) < 4.78 is 0. The van der Waals surface area contributed by atoms with Crippen LogP contribution in [0.5, 0.6) is 0 Å². The molecule has 0 unspecified atom stereocenters. The van der Waals surface area contributed by atoms with E-state index in [4.69, 9.17) is 0 Å².